The van der Waals surface area contributed by atoms with Crippen LogP contribution in [-0.2, 0) is 7.05 Å². The first-order valence-electron chi connectivity index (χ1n) is 13.9. The largest absolute Gasteiger partial charge is 0.495 e. The number of fused-ring (bicyclic) bond motifs is 2. The Kier molecular flexibility index (Phi) is 7.98. The summed E-state index contributed by atoms with van der Waals surface area (Å²) in [6, 6.07) is 24.4. The number of aromatic nitrogens is 2. The van der Waals surface area contributed by atoms with Gasteiger partial charge < -0.3 is 31.0 Å². The van der Waals surface area contributed by atoms with Crippen LogP contribution in [0.25, 0.3) is 38.2 Å². The number of amides is 3. The molecule has 6 aromatic rings. The fourth-order valence-electron chi connectivity index (χ4n) is 5.11. The molecule has 3 heterocycles. The van der Waals surface area contributed by atoms with Gasteiger partial charge in [0.2, 0.25) is 0 Å². The van der Waals surface area contributed by atoms with Gasteiger partial charge >= 0.3 is 6.03 Å². The molecule has 3 aromatic heterocycles. The van der Waals surface area contributed by atoms with Gasteiger partial charge in [0.25, 0.3) is 5.91 Å². The quantitative estimate of drug-likeness (QED) is 0.148. The van der Waals surface area contributed by atoms with Gasteiger partial charge in [-0.3, -0.25) is 4.79 Å². The zero-order chi connectivity index (χ0) is 30.6. The molecule has 6 rings (SSSR count). The summed E-state index contributed by atoms with van der Waals surface area (Å²) in [5, 5.41) is 12.5. The van der Waals surface area contributed by atoms with Crippen molar-refractivity contribution < 1.29 is 14.3 Å². The Morgan fingerprint density at radius 3 is 2.61 bits per heavy atom. The van der Waals surface area contributed by atoms with E-state index in [0.29, 0.717) is 29.5 Å². The van der Waals surface area contributed by atoms with E-state index in [9.17, 15) is 9.59 Å². The van der Waals surface area contributed by atoms with Crippen LogP contribution in [0.1, 0.15) is 16.1 Å². The van der Waals surface area contributed by atoms with Crippen molar-refractivity contribution in [1.82, 2.24) is 14.9 Å². The summed E-state index contributed by atoms with van der Waals surface area (Å²) in [5.74, 6) is 0.713. The predicted molar refractivity (Wildman–Crippen MR) is 179 cm³/mol. The van der Waals surface area contributed by atoms with Crippen molar-refractivity contribution in [3.8, 4) is 16.9 Å². The second kappa shape index (κ2) is 12.3. The number of ether oxygens (including phenoxy) is 1. The number of methoxy groups -OCH3 is 1. The van der Waals surface area contributed by atoms with Crippen LogP contribution >= 0.6 is 11.3 Å². The van der Waals surface area contributed by atoms with Crippen molar-refractivity contribution in [1.29, 1.82) is 0 Å². The van der Waals surface area contributed by atoms with Gasteiger partial charge in [-0.1, -0.05) is 54.6 Å². The van der Waals surface area contributed by atoms with Crippen LogP contribution in [0.4, 0.5) is 22.0 Å². The smallest absolute Gasteiger partial charge is 0.319 e. The van der Waals surface area contributed by atoms with E-state index in [1.54, 1.807) is 24.6 Å². The zero-order valence-electron chi connectivity index (χ0n) is 24.1. The standard InChI is InChI=1S/C34H30N6O3S/c1-40-27-13-7-6-9-22(27)17-28(40)33(41)39-26-15-14-21(18-29(26)43-2)25-20-44-31-23(19-37-32(35)30(25)31)10-8-16-36-34(42)38-24-11-4-3-5-12-24/h3-15,17-20H,16H2,1-2H3,(H2,35,37)(H,39,41)(H2,36,38,42)/b10-8+. The van der Waals surface area contributed by atoms with E-state index in [1.807, 2.05) is 108 Å². The summed E-state index contributed by atoms with van der Waals surface area (Å²) in [6.07, 6.45) is 5.52. The number of pyridine rings is 1. The first-order chi connectivity index (χ1) is 21.4. The summed E-state index contributed by atoms with van der Waals surface area (Å²) in [7, 11) is 3.45. The van der Waals surface area contributed by atoms with E-state index in [1.165, 1.54) is 0 Å². The number of benzene rings is 3. The van der Waals surface area contributed by atoms with E-state index in [0.717, 1.165) is 43.4 Å². The highest BCUT2D eigenvalue weighted by molar-refractivity contribution is 7.18. The molecule has 0 aliphatic carbocycles. The molecule has 0 aliphatic heterocycles. The molecule has 44 heavy (non-hydrogen) atoms. The molecule has 3 amide bonds. The lowest BCUT2D eigenvalue weighted by Crippen LogP contribution is -2.28. The number of nitrogens with zero attached hydrogens (tertiary/aromatic N) is 2. The molecule has 0 unspecified atom stereocenters. The van der Waals surface area contributed by atoms with Crippen molar-refractivity contribution in [3.63, 3.8) is 0 Å². The normalized spacial score (nSPS) is 11.2. The molecule has 0 aliphatic rings. The fourth-order valence-corrected chi connectivity index (χ4v) is 6.19. The molecule has 5 N–H and O–H groups in total. The molecular formula is C34H30N6O3S. The first-order valence-corrected chi connectivity index (χ1v) is 14.8. The van der Waals surface area contributed by atoms with Crippen molar-refractivity contribution in [2.45, 2.75) is 0 Å². The number of hydrogen-bond donors (Lipinski definition) is 4. The van der Waals surface area contributed by atoms with Crippen LogP contribution in [0.2, 0.25) is 0 Å². The van der Waals surface area contributed by atoms with Gasteiger partial charge in [-0.25, -0.2) is 9.78 Å². The molecule has 0 radical (unpaired) electrons. The van der Waals surface area contributed by atoms with Crippen LogP contribution in [0.15, 0.2) is 96.5 Å². The maximum absolute atomic E-state index is 13.2. The number of nitrogens with two attached hydrogens (primary N) is 1. The van der Waals surface area contributed by atoms with Gasteiger partial charge in [0.05, 0.1) is 12.8 Å². The second-order valence-electron chi connectivity index (χ2n) is 10.1. The predicted octanol–water partition coefficient (Wildman–Crippen LogP) is 7.13. The Labute approximate surface area is 258 Å². The SMILES string of the molecule is COc1cc(-c2csc3c(/C=C/CNC(=O)Nc4ccccc4)cnc(N)c23)ccc1NC(=O)c1cc2ccccc2n1C. The van der Waals surface area contributed by atoms with Gasteiger partial charge in [-0.05, 0) is 47.3 Å². The number of aryl methyl sites for hydroxylation is 1. The molecule has 0 bridgehead atoms. The molecular weight excluding hydrogens is 572 g/mol. The van der Waals surface area contributed by atoms with E-state index < -0.39 is 0 Å². The minimum Gasteiger partial charge on any atom is -0.495 e. The molecule has 0 fully saturated rings. The van der Waals surface area contributed by atoms with Crippen molar-refractivity contribution in [3.05, 3.63) is 108 Å². The number of thiophene rings is 1. The maximum Gasteiger partial charge on any atom is 0.319 e. The van der Waals surface area contributed by atoms with Gasteiger partial charge in [-0.2, -0.15) is 0 Å². The molecule has 9 nitrogen and oxygen atoms in total. The Hall–Kier alpha value is -5.61. The third-order valence-corrected chi connectivity index (χ3v) is 8.34. The molecule has 0 spiro atoms. The molecule has 10 heteroatoms. The van der Waals surface area contributed by atoms with E-state index in [4.69, 9.17) is 10.5 Å². The maximum atomic E-state index is 13.2. The van der Waals surface area contributed by atoms with Crippen molar-refractivity contribution >= 4 is 67.5 Å². The van der Waals surface area contributed by atoms with E-state index in [-0.39, 0.29) is 11.9 Å². The van der Waals surface area contributed by atoms with Crippen molar-refractivity contribution in [2.24, 2.45) is 7.05 Å². The first kappa shape index (κ1) is 28.5. The number of nitrogen functional groups attached to an aromatic ring is 1. The summed E-state index contributed by atoms with van der Waals surface area (Å²) in [4.78, 5) is 29.8. The summed E-state index contributed by atoms with van der Waals surface area (Å²) in [6.45, 7) is 0.339. The Bertz CT molecular complexity index is 2030. The Morgan fingerprint density at radius 1 is 1.02 bits per heavy atom. The summed E-state index contributed by atoms with van der Waals surface area (Å²) >= 11 is 1.56. The molecule has 3 aromatic carbocycles. The Morgan fingerprint density at radius 2 is 1.82 bits per heavy atom. The number of hydrogen-bond acceptors (Lipinski definition) is 6. The van der Waals surface area contributed by atoms with Crippen LogP contribution in [0.5, 0.6) is 5.75 Å². The highest BCUT2D eigenvalue weighted by Gasteiger charge is 2.18. The lowest BCUT2D eigenvalue weighted by Gasteiger charge is -2.13. The fraction of sp³-hybridized carbons (Fsp3) is 0.0882. The van der Waals surface area contributed by atoms with Crippen LogP contribution in [-0.4, -0.2) is 35.1 Å². The lowest BCUT2D eigenvalue weighted by molar-refractivity contribution is 0.101. The van der Waals surface area contributed by atoms with Crippen LogP contribution < -0.4 is 26.4 Å². The van der Waals surface area contributed by atoms with Gasteiger partial charge in [-0.15, -0.1) is 11.3 Å². The third kappa shape index (κ3) is 5.70. The lowest BCUT2D eigenvalue weighted by atomic mass is 10.0. The number of urea groups is 1. The summed E-state index contributed by atoms with van der Waals surface area (Å²) in [5.41, 5.74) is 11.9. The summed E-state index contributed by atoms with van der Waals surface area (Å²) < 4.78 is 8.53. The molecule has 0 atom stereocenters. The third-order valence-electron chi connectivity index (χ3n) is 7.31. The number of anilines is 3. The average molecular weight is 603 g/mol. The topological polar surface area (TPSA) is 123 Å². The van der Waals surface area contributed by atoms with Gasteiger partial charge in [0.15, 0.2) is 0 Å². The molecule has 0 saturated carbocycles. The van der Waals surface area contributed by atoms with Gasteiger partial charge in [0, 0.05) is 57.6 Å². The van der Waals surface area contributed by atoms with Crippen LogP contribution in [0, 0.1) is 0 Å². The zero-order valence-corrected chi connectivity index (χ0v) is 24.9. The highest BCUT2D eigenvalue weighted by Crippen LogP contribution is 2.41. The second-order valence-corrected chi connectivity index (χ2v) is 11.0. The molecule has 0 saturated heterocycles. The minimum atomic E-state index is -0.287. The highest BCUT2D eigenvalue weighted by atomic mass is 32.1. The number of nitrogens with one attached hydrogen (secondary N) is 3. The van der Waals surface area contributed by atoms with Crippen molar-refractivity contribution in [2.75, 3.05) is 30.0 Å². The van der Waals surface area contributed by atoms with Gasteiger partial charge in [0.1, 0.15) is 17.3 Å². The number of carbonyl (C=O) groups excluding carboxylic acids is 2. The number of para-hydroxylation sites is 2. The van der Waals surface area contributed by atoms with Crippen LogP contribution in [0.3, 0.4) is 0 Å². The molecule has 220 valence electrons. The monoisotopic (exact) mass is 602 g/mol. The number of rotatable bonds is 8. The Balaban J connectivity index is 1.20. The number of carbonyl (C=O) groups is 2. The average Bonchev–Trinajstić information content (AvgIpc) is 3.64. The van der Waals surface area contributed by atoms with E-state index >= 15 is 0 Å². The minimum absolute atomic E-state index is 0.229. The van der Waals surface area contributed by atoms with E-state index in [2.05, 4.69) is 20.9 Å².